The molecule has 4 aromatic rings. The molecule has 0 saturated heterocycles. The van der Waals surface area contributed by atoms with Gasteiger partial charge in [0.2, 0.25) is 5.89 Å². The van der Waals surface area contributed by atoms with Crippen LogP contribution in [0.15, 0.2) is 57.7 Å². The minimum absolute atomic E-state index is 0.0171. The van der Waals surface area contributed by atoms with Crippen LogP contribution < -0.4 is 16.6 Å². The number of benzene rings is 2. The highest BCUT2D eigenvalue weighted by atomic mass is 35.5. The smallest absolute Gasteiger partial charge is 0.262 e. The van der Waals surface area contributed by atoms with Crippen LogP contribution in [0.25, 0.3) is 28.2 Å². The summed E-state index contributed by atoms with van der Waals surface area (Å²) in [6.07, 6.45) is 0. The van der Waals surface area contributed by atoms with Crippen molar-refractivity contribution < 1.29 is 14.0 Å². The van der Waals surface area contributed by atoms with E-state index >= 15 is 0 Å². The summed E-state index contributed by atoms with van der Waals surface area (Å²) in [5.74, 6) is -1.05. The average molecular weight is 407 g/mol. The van der Waals surface area contributed by atoms with Crippen molar-refractivity contribution in [2.24, 2.45) is 0 Å². The molecule has 5 rings (SSSR count). The quantitative estimate of drug-likeness (QED) is 0.494. The Morgan fingerprint density at radius 1 is 1.03 bits per heavy atom. The van der Waals surface area contributed by atoms with E-state index in [-0.39, 0.29) is 16.9 Å². The molecule has 3 heterocycles. The summed E-state index contributed by atoms with van der Waals surface area (Å²) < 4.78 is 6.94. The van der Waals surface area contributed by atoms with Gasteiger partial charge in [-0.2, -0.15) is 0 Å². The zero-order valence-electron chi connectivity index (χ0n) is 14.6. The molecule has 2 aromatic carbocycles. The van der Waals surface area contributed by atoms with E-state index < -0.39 is 17.4 Å². The first kappa shape index (κ1) is 17.2. The third kappa shape index (κ3) is 2.61. The summed E-state index contributed by atoms with van der Waals surface area (Å²) in [6.45, 7) is 0. The molecule has 0 atom stereocenters. The van der Waals surface area contributed by atoms with Gasteiger partial charge < -0.3 is 10.2 Å². The SMILES string of the molecule is Nc1c2c(cc(=O)n1-c1cccc(-c3nc4cc(Cl)ccc4o3)c1)C(=O)NC2=O. The van der Waals surface area contributed by atoms with Gasteiger partial charge in [0, 0.05) is 16.7 Å². The van der Waals surface area contributed by atoms with Crippen LogP contribution in [0.1, 0.15) is 20.7 Å². The third-order valence-corrected chi connectivity index (χ3v) is 4.89. The Morgan fingerprint density at radius 2 is 1.86 bits per heavy atom. The van der Waals surface area contributed by atoms with Gasteiger partial charge in [-0.3, -0.25) is 24.3 Å². The van der Waals surface area contributed by atoms with Gasteiger partial charge in [-0.1, -0.05) is 17.7 Å². The van der Waals surface area contributed by atoms with Crippen molar-refractivity contribution in [3.8, 4) is 17.1 Å². The number of carbonyl (C=O) groups excluding carboxylic acids is 2. The second kappa shape index (κ2) is 6.05. The van der Waals surface area contributed by atoms with E-state index in [1.807, 2.05) is 0 Å². The number of anilines is 1. The number of carbonyl (C=O) groups is 2. The molecule has 0 aliphatic carbocycles. The highest BCUT2D eigenvalue weighted by molar-refractivity contribution is 6.31. The van der Waals surface area contributed by atoms with Crippen molar-refractivity contribution in [2.75, 3.05) is 5.73 Å². The van der Waals surface area contributed by atoms with Crippen LogP contribution >= 0.6 is 11.6 Å². The van der Waals surface area contributed by atoms with Crippen LogP contribution in [0.5, 0.6) is 0 Å². The number of hydrogen-bond acceptors (Lipinski definition) is 6. The zero-order chi connectivity index (χ0) is 20.3. The van der Waals surface area contributed by atoms with Crippen molar-refractivity contribution in [3.63, 3.8) is 0 Å². The number of nitrogens with one attached hydrogen (secondary N) is 1. The van der Waals surface area contributed by atoms with Crippen LogP contribution in [-0.4, -0.2) is 21.4 Å². The number of aromatic nitrogens is 2. The maximum Gasteiger partial charge on any atom is 0.262 e. The standard InChI is InChI=1S/C20H11ClN4O4/c21-10-4-5-14-13(7-10)23-20(29-14)9-2-1-3-11(6-9)25-15(26)8-12-16(17(25)22)19(28)24-18(12)27/h1-8H,22H2,(H,24,27,28). The lowest BCUT2D eigenvalue weighted by atomic mass is 10.1. The number of fused-ring (bicyclic) bond motifs is 2. The molecule has 0 spiro atoms. The predicted molar refractivity (Wildman–Crippen MR) is 106 cm³/mol. The normalized spacial score (nSPS) is 13.0. The second-order valence-electron chi connectivity index (χ2n) is 6.46. The fourth-order valence-corrected chi connectivity index (χ4v) is 3.51. The Bertz CT molecular complexity index is 1420. The van der Waals surface area contributed by atoms with Crippen LogP contribution in [-0.2, 0) is 0 Å². The zero-order valence-corrected chi connectivity index (χ0v) is 15.4. The highest BCUT2D eigenvalue weighted by Gasteiger charge is 2.31. The fraction of sp³-hybridized carbons (Fsp3) is 0. The molecule has 8 nitrogen and oxygen atoms in total. The lowest BCUT2D eigenvalue weighted by Gasteiger charge is -2.12. The van der Waals surface area contributed by atoms with Gasteiger partial charge in [0.25, 0.3) is 17.4 Å². The number of halogens is 1. The molecule has 0 saturated carbocycles. The average Bonchev–Trinajstić information content (AvgIpc) is 3.22. The number of oxazole rings is 1. The predicted octanol–water partition coefficient (Wildman–Crippen LogP) is 2.76. The molecule has 29 heavy (non-hydrogen) atoms. The first-order valence-electron chi connectivity index (χ1n) is 8.50. The first-order valence-corrected chi connectivity index (χ1v) is 8.88. The molecular formula is C20H11ClN4O4. The number of imide groups is 1. The Labute approximate surface area is 167 Å². The van der Waals surface area contributed by atoms with Crippen LogP contribution in [0.3, 0.4) is 0 Å². The molecule has 1 aliphatic rings. The molecule has 1 aliphatic heterocycles. The van der Waals surface area contributed by atoms with Crippen molar-refractivity contribution in [2.45, 2.75) is 0 Å². The molecule has 0 unspecified atom stereocenters. The van der Waals surface area contributed by atoms with E-state index in [0.29, 0.717) is 33.3 Å². The summed E-state index contributed by atoms with van der Waals surface area (Å²) in [5.41, 5.74) is 7.67. The van der Waals surface area contributed by atoms with Gasteiger partial charge in [0.05, 0.1) is 16.8 Å². The van der Waals surface area contributed by atoms with E-state index in [2.05, 4.69) is 10.3 Å². The van der Waals surface area contributed by atoms with Gasteiger partial charge in [0.1, 0.15) is 11.3 Å². The summed E-state index contributed by atoms with van der Waals surface area (Å²) >= 11 is 5.99. The van der Waals surface area contributed by atoms with Crippen molar-refractivity contribution in [1.29, 1.82) is 0 Å². The summed E-state index contributed by atoms with van der Waals surface area (Å²) in [6, 6.07) is 13.0. The van der Waals surface area contributed by atoms with Crippen molar-refractivity contribution in [1.82, 2.24) is 14.9 Å². The summed E-state index contributed by atoms with van der Waals surface area (Å²) in [5, 5.41) is 2.68. The maximum atomic E-state index is 12.6. The van der Waals surface area contributed by atoms with E-state index in [9.17, 15) is 14.4 Å². The maximum absolute atomic E-state index is 12.6. The van der Waals surface area contributed by atoms with E-state index in [0.717, 1.165) is 6.07 Å². The number of nitrogens with two attached hydrogens (primary N) is 1. The molecule has 9 heteroatoms. The van der Waals surface area contributed by atoms with E-state index in [1.54, 1.807) is 42.5 Å². The first-order chi connectivity index (χ1) is 13.9. The Hall–Kier alpha value is -3.91. The lowest BCUT2D eigenvalue weighted by molar-refractivity contribution is 0.0880. The number of rotatable bonds is 2. The molecule has 2 amide bonds. The Morgan fingerprint density at radius 3 is 2.69 bits per heavy atom. The van der Waals surface area contributed by atoms with E-state index in [1.165, 1.54) is 4.57 Å². The van der Waals surface area contributed by atoms with Gasteiger partial charge in [-0.05, 0) is 36.4 Å². The molecule has 0 fully saturated rings. The lowest BCUT2D eigenvalue weighted by Crippen LogP contribution is -2.24. The Kier molecular flexibility index (Phi) is 3.59. The molecule has 0 radical (unpaired) electrons. The molecule has 2 aromatic heterocycles. The highest BCUT2D eigenvalue weighted by Crippen LogP contribution is 2.28. The van der Waals surface area contributed by atoms with Gasteiger partial charge in [-0.15, -0.1) is 0 Å². The minimum atomic E-state index is -0.639. The third-order valence-electron chi connectivity index (χ3n) is 4.65. The summed E-state index contributed by atoms with van der Waals surface area (Å²) in [7, 11) is 0. The van der Waals surface area contributed by atoms with Crippen LogP contribution in [0.4, 0.5) is 5.82 Å². The number of nitrogens with zero attached hydrogens (tertiary/aromatic N) is 2. The topological polar surface area (TPSA) is 120 Å². The number of hydrogen-bond donors (Lipinski definition) is 2. The second-order valence-corrected chi connectivity index (χ2v) is 6.89. The van der Waals surface area contributed by atoms with Crippen LogP contribution in [0, 0.1) is 0 Å². The fourth-order valence-electron chi connectivity index (χ4n) is 3.35. The van der Waals surface area contributed by atoms with Gasteiger partial charge >= 0.3 is 0 Å². The Balaban J connectivity index is 1.67. The summed E-state index contributed by atoms with van der Waals surface area (Å²) in [4.78, 5) is 40.9. The van der Waals surface area contributed by atoms with Crippen molar-refractivity contribution in [3.05, 3.63) is 75.0 Å². The largest absolute Gasteiger partial charge is 0.436 e. The minimum Gasteiger partial charge on any atom is -0.436 e. The van der Waals surface area contributed by atoms with Gasteiger partial charge in [0.15, 0.2) is 5.58 Å². The van der Waals surface area contributed by atoms with Crippen LogP contribution in [0.2, 0.25) is 5.02 Å². The molecule has 3 N–H and O–H groups in total. The number of amides is 2. The monoisotopic (exact) mass is 406 g/mol. The number of pyridine rings is 1. The van der Waals surface area contributed by atoms with E-state index in [4.69, 9.17) is 21.8 Å². The molecular weight excluding hydrogens is 396 g/mol. The van der Waals surface area contributed by atoms with Gasteiger partial charge in [-0.25, -0.2) is 4.98 Å². The molecule has 0 bridgehead atoms. The van der Waals surface area contributed by atoms with Crippen molar-refractivity contribution >= 4 is 40.3 Å². The molecule has 142 valence electrons. The number of nitrogen functional groups attached to an aromatic ring is 1.